The molecule has 0 atom stereocenters. The topological polar surface area (TPSA) is 47.9 Å². The zero-order chi connectivity index (χ0) is 10.7. The van der Waals surface area contributed by atoms with Crippen LogP contribution in [-0.4, -0.2) is 22.1 Å². The van der Waals surface area contributed by atoms with Crippen LogP contribution in [0.5, 0.6) is 5.75 Å². The minimum absolute atomic E-state index is 0.413. The van der Waals surface area contributed by atoms with E-state index in [1.807, 2.05) is 0 Å². The van der Waals surface area contributed by atoms with Gasteiger partial charge >= 0.3 is 0 Å². The van der Waals surface area contributed by atoms with Crippen LogP contribution in [0, 0.1) is 5.82 Å². The van der Waals surface area contributed by atoms with E-state index in [9.17, 15) is 4.39 Å². The van der Waals surface area contributed by atoms with Gasteiger partial charge in [0.05, 0.1) is 31.3 Å². The first kappa shape index (κ1) is 9.51. The maximum absolute atomic E-state index is 12.6. The van der Waals surface area contributed by atoms with Gasteiger partial charge in [0.1, 0.15) is 5.75 Å². The van der Waals surface area contributed by atoms with Gasteiger partial charge in [0.2, 0.25) is 0 Å². The van der Waals surface area contributed by atoms with E-state index in [0.29, 0.717) is 17.1 Å². The lowest BCUT2D eigenvalue weighted by Gasteiger charge is -2.05. The van der Waals surface area contributed by atoms with Crippen LogP contribution < -0.4 is 4.74 Å². The second-order valence-electron chi connectivity index (χ2n) is 2.80. The molecule has 5 heteroatoms. The number of aromatic nitrogens is 3. The van der Waals surface area contributed by atoms with Crippen molar-refractivity contribution in [3.63, 3.8) is 0 Å². The zero-order valence-electron chi connectivity index (χ0n) is 8.01. The Bertz CT molecular complexity index is 458. The van der Waals surface area contributed by atoms with E-state index in [-0.39, 0.29) is 0 Å². The van der Waals surface area contributed by atoms with Crippen LogP contribution in [0.3, 0.4) is 0 Å². The number of hydrogen-bond donors (Lipinski definition) is 0. The second kappa shape index (κ2) is 4.00. The second-order valence-corrected chi connectivity index (χ2v) is 2.80. The van der Waals surface area contributed by atoms with Gasteiger partial charge in [-0.3, -0.25) is 4.98 Å². The Balaban J connectivity index is 2.49. The van der Waals surface area contributed by atoms with Crippen molar-refractivity contribution in [2.75, 3.05) is 7.11 Å². The molecule has 0 radical (unpaired) electrons. The molecule has 0 saturated carbocycles. The average Bonchev–Trinajstić information content (AvgIpc) is 2.30. The van der Waals surface area contributed by atoms with Crippen LogP contribution in [0.1, 0.15) is 0 Å². The average molecular weight is 205 g/mol. The molecular weight excluding hydrogens is 197 g/mol. The van der Waals surface area contributed by atoms with Crippen LogP contribution in [-0.2, 0) is 0 Å². The minimum Gasteiger partial charge on any atom is -0.494 e. The highest BCUT2D eigenvalue weighted by molar-refractivity contribution is 5.62. The van der Waals surface area contributed by atoms with E-state index in [1.54, 1.807) is 18.5 Å². The number of hydrogen-bond acceptors (Lipinski definition) is 4. The molecule has 2 aromatic heterocycles. The van der Waals surface area contributed by atoms with E-state index in [1.165, 1.54) is 7.11 Å². The van der Waals surface area contributed by atoms with Gasteiger partial charge < -0.3 is 4.74 Å². The van der Waals surface area contributed by atoms with Gasteiger partial charge in [-0.25, -0.2) is 14.4 Å². The summed E-state index contributed by atoms with van der Waals surface area (Å²) in [7, 11) is 1.53. The Morgan fingerprint density at radius 1 is 1.20 bits per heavy atom. The van der Waals surface area contributed by atoms with E-state index >= 15 is 0 Å². The predicted molar refractivity (Wildman–Crippen MR) is 51.8 cm³/mol. The van der Waals surface area contributed by atoms with E-state index in [0.717, 1.165) is 12.4 Å². The first-order chi connectivity index (χ1) is 7.31. The lowest BCUT2D eigenvalue weighted by atomic mass is 10.2. The maximum Gasteiger partial charge on any atom is 0.163 e. The molecule has 2 aromatic rings. The fraction of sp³-hybridized carbons (Fsp3) is 0.100. The summed E-state index contributed by atoms with van der Waals surface area (Å²) < 4.78 is 17.7. The standard InChI is InChI=1S/C10H8FN3O/c1-15-9-6-12-3-2-8(9)10-13-4-7(11)5-14-10/h2-6H,1H3. The zero-order valence-corrected chi connectivity index (χ0v) is 8.01. The molecule has 2 rings (SSSR count). The van der Waals surface area contributed by atoms with Gasteiger partial charge in [-0.15, -0.1) is 0 Å². The number of ether oxygens (including phenoxy) is 1. The summed E-state index contributed by atoms with van der Waals surface area (Å²) in [5, 5.41) is 0. The van der Waals surface area contributed by atoms with Crippen molar-refractivity contribution < 1.29 is 9.13 Å². The third-order valence-electron chi connectivity index (χ3n) is 1.87. The summed E-state index contributed by atoms with van der Waals surface area (Å²) in [6.07, 6.45) is 5.39. The molecule has 2 heterocycles. The van der Waals surface area contributed by atoms with Gasteiger partial charge in [0.25, 0.3) is 0 Å². The molecule has 0 aliphatic rings. The van der Waals surface area contributed by atoms with Gasteiger partial charge in [-0.2, -0.15) is 0 Å². The van der Waals surface area contributed by atoms with Gasteiger partial charge in [0.15, 0.2) is 11.6 Å². The van der Waals surface area contributed by atoms with Crippen LogP contribution in [0.2, 0.25) is 0 Å². The molecule has 15 heavy (non-hydrogen) atoms. The van der Waals surface area contributed by atoms with Crippen LogP contribution in [0.15, 0.2) is 30.9 Å². The summed E-state index contributed by atoms with van der Waals surface area (Å²) in [5.41, 5.74) is 0.688. The lowest BCUT2D eigenvalue weighted by molar-refractivity contribution is 0.414. The Morgan fingerprint density at radius 2 is 1.93 bits per heavy atom. The first-order valence-corrected chi connectivity index (χ1v) is 4.27. The summed E-state index contributed by atoms with van der Waals surface area (Å²) in [6.45, 7) is 0. The molecule has 0 saturated heterocycles. The fourth-order valence-corrected chi connectivity index (χ4v) is 1.18. The molecule has 0 unspecified atom stereocenters. The fourth-order valence-electron chi connectivity index (χ4n) is 1.18. The molecule has 76 valence electrons. The molecule has 0 aliphatic heterocycles. The summed E-state index contributed by atoms with van der Waals surface area (Å²) in [6, 6.07) is 1.71. The number of rotatable bonds is 2. The third kappa shape index (κ3) is 1.90. The smallest absolute Gasteiger partial charge is 0.163 e. The van der Waals surface area contributed by atoms with E-state index in [4.69, 9.17) is 4.74 Å². The number of methoxy groups -OCH3 is 1. The van der Waals surface area contributed by atoms with E-state index in [2.05, 4.69) is 15.0 Å². The molecular formula is C10H8FN3O. The summed E-state index contributed by atoms with van der Waals surface area (Å²) >= 11 is 0. The van der Waals surface area contributed by atoms with Crippen LogP contribution in [0.25, 0.3) is 11.4 Å². The number of halogens is 1. The van der Waals surface area contributed by atoms with Crippen molar-refractivity contribution >= 4 is 0 Å². The largest absolute Gasteiger partial charge is 0.494 e. The maximum atomic E-state index is 12.6. The normalized spacial score (nSPS) is 10.0. The monoisotopic (exact) mass is 205 g/mol. The molecule has 4 nitrogen and oxygen atoms in total. The van der Waals surface area contributed by atoms with Crippen molar-refractivity contribution in [1.29, 1.82) is 0 Å². The Labute approximate surface area is 85.8 Å². The molecule has 0 N–H and O–H groups in total. The SMILES string of the molecule is COc1cnccc1-c1ncc(F)cn1. The number of pyridine rings is 1. The number of nitrogens with zero attached hydrogens (tertiary/aromatic N) is 3. The van der Waals surface area contributed by atoms with Gasteiger partial charge in [0, 0.05) is 6.20 Å². The quantitative estimate of drug-likeness (QED) is 0.748. The van der Waals surface area contributed by atoms with E-state index < -0.39 is 5.82 Å². The molecule has 0 spiro atoms. The first-order valence-electron chi connectivity index (χ1n) is 4.27. The van der Waals surface area contributed by atoms with Crippen molar-refractivity contribution in [1.82, 2.24) is 15.0 Å². The third-order valence-corrected chi connectivity index (χ3v) is 1.87. The highest BCUT2D eigenvalue weighted by Crippen LogP contribution is 2.24. The highest BCUT2D eigenvalue weighted by atomic mass is 19.1. The highest BCUT2D eigenvalue weighted by Gasteiger charge is 2.07. The van der Waals surface area contributed by atoms with Crippen LogP contribution >= 0.6 is 0 Å². The minimum atomic E-state index is -0.466. The molecule has 0 fully saturated rings. The molecule has 0 aromatic carbocycles. The molecule has 0 bridgehead atoms. The van der Waals surface area contributed by atoms with Crippen molar-refractivity contribution in [3.05, 3.63) is 36.7 Å². The Hall–Kier alpha value is -2.04. The molecule has 0 amide bonds. The lowest BCUT2D eigenvalue weighted by Crippen LogP contribution is -1.94. The predicted octanol–water partition coefficient (Wildman–Crippen LogP) is 1.69. The van der Waals surface area contributed by atoms with Crippen molar-refractivity contribution in [2.45, 2.75) is 0 Å². The Kier molecular flexibility index (Phi) is 2.53. The summed E-state index contributed by atoms with van der Waals surface area (Å²) in [4.78, 5) is 11.6. The Morgan fingerprint density at radius 3 is 2.60 bits per heavy atom. The van der Waals surface area contributed by atoms with Crippen molar-refractivity contribution in [2.24, 2.45) is 0 Å². The summed E-state index contributed by atoms with van der Waals surface area (Å²) in [5.74, 6) is 0.506. The van der Waals surface area contributed by atoms with Crippen molar-refractivity contribution in [3.8, 4) is 17.1 Å². The van der Waals surface area contributed by atoms with Gasteiger partial charge in [-0.1, -0.05) is 0 Å². The van der Waals surface area contributed by atoms with Crippen LogP contribution in [0.4, 0.5) is 4.39 Å². The molecule has 0 aliphatic carbocycles. The van der Waals surface area contributed by atoms with Gasteiger partial charge in [-0.05, 0) is 6.07 Å².